The summed E-state index contributed by atoms with van der Waals surface area (Å²) < 4.78 is 42.6. The van der Waals surface area contributed by atoms with E-state index in [4.69, 9.17) is 10.3 Å². The Bertz CT molecular complexity index is 756. The minimum Gasteiger partial charge on any atom is -0.343 e. The number of nitrogens with one attached hydrogen (secondary N) is 1. The van der Waals surface area contributed by atoms with Crippen LogP contribution in [0.4, 0.5) is 13.2 Å². The summed E-state index contributed by atoms with van der Waals surface area (Å²) >= 11 is 0. The van der Waals surface area contributed by atoms with Crippen LogP contribution in [0, 0.1) is 0 Å². The molecule has 3 N–H and O–H groups in total. The lowest BCUT2D eigenvalue weighted by Gasteiger charge is -2.17. The number of aromatic nitrogens is 2. The van der Waals surface area contributed by atoms with Crippen molar-refractivity contribution in [2.45, 2.75) is 43.9 Å². The zero-order valence-corrected chi connectivity index (χ0v) is 14.5. The summed E-state index contributed by atoms with van der Waals surface area (Å²) in [7, 11) is 0. The fourth-order valence-electron chi connectivity index (χ4n) is 2.83. The number of rotatable bonds is 4. The number of nitrogens with two attached hydrogens (primary N) is 1. The van der Waals surface area contributed by atoms with E-state index in [0.717, 1.165) is 49.9 Å². The van der Waals surface area contributed by atoms with Crippen molar-refractivity contribution in [3.05, 3.63) is 47.1 Å². The number of halogens is 4. The summed E-state index contributed by atoms with van der Waals surface area (Å²) in [6, 6.07) is 3.95. The molecule has 1 amide bonds. The molecule has 0 aliphatic heterocycles. The minimum absolute atomic E-state index is 0. The zero-order chi connectivity index (χ0) is 18.1. The van der Waals surface area contributed by atoms with E-state index in [1.807, 2.05) is 0 Å². The van der Waals surface area contributed by atoms with Crippen molar-refractivity contribution in [2.24, 2.45) is 5.73 Å². The fourth-order valence-corrected chi connectivity index (χ4v) is 2.83. The van der Waals surface area contributed by atoms with Crippen LogP contribution in [0.3, 0.4) is 0 Å². The molecule has 1 heterocycles. The first-order chi connectivity index (χ1) is 11.8. The summed E-state index contributed by atoms with van der Waals surface area (Å²) in [5.41, 5.74) is 4.94. The lowest BCUT2D eigenvalue weighted by molar-refractivity contribution is -0.137. The van der Waals surface area contributed by atoms with E-state index in [1.54, 1.807) is 0 Å². The van der Waals surface area contributed by atoms with Crippen molar-refractivity contribution in [1.29, 1.82) is 0 Å². The van der Waals surface area contributed by atoms with Crippen molar-refractivity contribution >= 4 is 18.3 Å². The molecular weight excluding hydrogens is 373 g/mol. The second kappa shape index (κ2) is 7.63. The Hall–Kier alpha value is -2.13. The number of hydrogen-bond donors (Lipinski definition) is 2. The topological polar surface area (TPSA) is 94.0 Å². The maximum absolute atomic E-state index is 12.5. The van der Waals surface area contributed by atoms with Crippen molar-refractivity contribution < 1.29 is 22.5 Å². The normalized spacial score (nSPS) is 16.2. The third kappa shape index (κ3) is 4.34. The molecule has 1 saturated carbocycles. The van der Waals surface area contributed by atoms with E-state index >= 15 is 0 Å². The van der Waals surface area contributed by atoms with Gasteiger partial charge in [-0.3, -0.25) is 4.79 Å². The van der Waals surface area contributed by atoms with Gasteiger partial charge in [-0.2, -0.15) is 18.2 Å². The number of alkyl halides is 3. The summed E-state index contributed by atoms with van der Waals surface area (Å²) in [4.78, 5) is 16.2. The molecule has 2 aromatic rings. The molecule has 1 aromatic heterocycles. The van der Waals surface area contributed by atoms with Gasteiger partial charge in [0.1, 0.15) is 0 Å². The largest absolute Gasteiger partial charge is 0.416 e. The lowest BCUT2D eigenvalue weighted by Crippen LogP contribution is -2.34. The Kier molecular flexibility index (Phi) is 5.92. The molecule has 0 saturated heterocycles. The van der Waals surface area contributed by atoms with E-state index in [9.17, 15) is 18.0 Å². The highest BCUT2D eigenvalue weighted by atomic mass is 35.5. The Balaban J connectivity index is 0.00000243. The molecule has 1 aliphatic rings. The maximum Gasteiger partial charge on any atom is 0.416 e. The number of nitrogens with zero attached hydrogens (tertiary/aromatic N) is 2. The monoisotopic (exact) mass is 390 g/mol. The molecule has 10 heteroatoms. The highest BCUT2D eigenvalue weighted by Gasteiger charge is 2.36. The second-order valence-corrected chi connectivity index (χ2v) is 6.13. The van der Waals surface area contributed by atoms with E-state index in [0.29, 0.717) is 5.82 Å². The molecule has 0 bridgehead atoms. The van der Waals surface area contributed by atoms with Gasteiger partial charge < -0.3 is 15.6 Å². The SMILES string of the molecule is Cl.NC1(c2noc(CNC(=O)c3ccc(C(F)(F)F)cc3)n2)CCCC1. The molecule has 0 radical (unpaired) electrons. The van der Waals surface area contributed by atoms with Crippen molar-refractivity contribution in [3.63, 3.8) is 0 Å². The quantitative estimate of drug-likeness (QED) is 0.836. The van der Waals surface area contributed by atoms with Gasteiger partial charge in [0.2, 0.25) is 5.89 Å². The third-order valence-electron chi connectivity index (χ3n) is 4.28. The number of benzene rings is 1. The summed E-state index contributed by atoms with van der Waals surface area (Å²) in [5, 5.41) is 6.40. The number of hydrogen-bond acceptors (Lipinski definition) is 5. The van der Waals surface area contributed by atoms with Crippen molar-refractivity contribution in [1.82, 2.24) is 15.5 Å². The van der Waals surface area contributed by atoms with Gasteiger partial charge in [-0.1, -0.05) is 18.0 Å². The zero-order valence-electron chi connectivity index (χ0n) is 13.7. The van der Waals surface area contributed by atoms with Crippen LogP contribution in [-0.2, 0) is 18.3 Å². The van der Waals surface area contributed by atoms with Crippen LogP contribution in [-0.4, -0.2) is 16.0 Å². The Morgan fingerprint density at radius 2 is 1.85 bits per heavy atom. The smallest absolute Gasteiger partial charge is 0.343 e. The van der Waals surface area contributed by atoms with Crippen LogP contribution < -0.4 is 11.1 Å². The third-order valence-corrected chi connectivity index (χ3v) is 4.28. The molecule has 1 fully saturated rings. The van der Waals surface area contributed by atoms with Gasteiger partial charge in [-0.25, -0.2) is 0 Å². The first kappa shape index (κ1) is 20.2. The molecule has 3 rings (SSSR count). The predicted octanol–water partition coefficient (Wildman–Crippen LogP) is 3.17. The van der Waals surface area contributed by atoms with Crippen LogP contribution in [0.1, 0.15) is 53.3 Å². The van der Waals surface area contributed by atoms with E-state index < -0.39 is 23.2 Å². The van der Waals surface area contributed by atoms with E-state index in [1.165, 1.54) is 0 Å². The summed E-state index contributed by atoms with van der Waals surface area (Å²) in [6.45, 7) is -0.0249. The predicted molar refractivity (Wildman–Crippen MR) is 88.5 cm³/mol. The van der Waals surface area contributed by atoms with Crippen molar-refractivity contribution in [2.75, 3.05) is 0 Å². The molecule has 6 nitrogen and oxygen atoms in total. The molecule has 0 unspecified atom stereocenters. The summed E-state index contributed by atoms with van der Waals surface area (Å²) in [5.74, 6) is 0.0903. The average molecular weight is 391 g/mol. The van der Waals surface area contributed by atoms with E-state index in [-0.39, 0.29) is 30.4 Å². The Labute approximate surface area is 153 Å². The first-order valence-corrected chi connectivity index (χ1v) is 7.85. The van der Waals surface area contributed by atoms with Crippen LogP contribution in [0.25, 0.3) is 0 Å². The highest BCUT2D eigenvalue weighted by molar-refractivity contribution is 5.94. The Morgan fingerprint density at radius 1 is 1.23 bits per heavy atom. The van der Waals surface area contributed by atoms with Gasteiger partial charge in [0, 0.05) is 5.56 Å². The van der Waals surface area contributed by atoms with Crippen LogP contribution in [0.5, 0.6) is 0 Å². The van der Waals surface area contributed by atoms with Gasteiger partial charge >= 0.3 is 6.18 Å². The molecule has 1 aliphatic carbocycles. The van der Waals surface area contributed by atoms with Gasteiger partial charge in [0.05, 0.1) is 17.6 Å². The summed E-state index contributed by atoms with van der Waals surface area (Å²) in [6.07, 6.45) is -0.864. The van der Waals surface area contributed by atoms with Gasteiger partial charge in [0.25, 0.3) is 5.91 Å². The standard InChI is InChI=1S/C16H17F3N4O2.ClH/c17-16(18,19)11-5-3-10(4-6-11)13(24)21-9-12-22-14(23-25-12)15(20)7-1-2-8-15;/h3-6H,1-2,7-9,20H2,(H,21,24);1H. The Morgan fingerprint density at radius 3 is 2.42 bits per heavy atom. The van der Waals surface area contributed by atoms with Gasteiger partial charge in [0.15, 0.2) is 5.82 Å². The number of carbonyl (C=O) groups excluding carboxylic acids is 1. The molecule has 1 aromatic carbocycles. The van der Waals surface area contributed by atoms with Gasteiger partial charge in [-0.15, -0.1) is 12.4 Å². The lowest BCUT2D eigenvalue weighted by atomic mass is 9.99. The number of amides is 1. The van der Waals surface area contributed by atoms with Crippen LogP contribution >= 0.6 is 12.4 Å². The van der Waals surface area contributed by atoms with E-state index in [2.05, 4.69) is 15.5 Å². The first-order valence-electron chi connectivity index (χ1n) is 7.85. The molecular formula is C16H18ClF3N4O2. The van der Waals surface area contributed by atoms with Crippen molar-refractivity contribution in [3.8, 4) is 0 Å². The minimum atomic E-state index is -4.44. The highest BCUT2D eigenvalue weighted by Crippen LogP contribution is 2.34. The van der Waals surface area contributed by atoms with Crippen LogP contribution in [0.15, 0.2) is 28.8 Å². The number of carbonyl (C=O) groups is 1. The molecule has 26 heavy (non-hydrogen) atoms. The fraction of sp³-hybridized carbons (Fsp3) is 0.438. The molecule has 0 spiro atoms. The molecule has 142 valence electrons. The molecule has 0 atom stereocenters. The second-order valence-electron chi connectivity index (χ2n) is 6.13. The van der Waals surface area contributed by atoms with Gasteiger partial charge in [-0.05, 0) is 37.1 Å². The van der Waals surface area contributed by atoms with Crippen LogP contribution in [0.2, 0.25) is 0 Å². The maximum atomic E-state index is 12.5. The average Bonchev–Trinajstić information content (AvgIpc) is 3.22.